The lowest BCUT2D eigenvalue weighted by Crippen LogP contribution is -2.13. The predicted octanol–water partition coefficient (Wildman–Crippen LogP) is 1.21. The molecule has 0 aromatic heterocycles. The van der Waals surface area contributed by atoms with E-state index in [1.165, 1.54) is 12.8 Å². The van der Waals surface area contributed by atoms with Crippen molar-refractivity contribution in [3.63, 3.8) is 0 Å². The van der Waals surface area contributed by atoms with Crippen molar-refractivity contribution in [1.29, 1.82) is 0 Å². The van der Waals surface area contributed by atoms with Gasteiger partial charge in [0.15, 0.2) is 0 Å². The van der Waals surface area contributed by atoms with E-state index in [0.29, 0.717) is 0 Å². The third-order valence-electron chi connectivity index (χ3n) is 1.38. The molecule has 2 nitrogen and oxygen atoms in total. The molecule has 2 heteroatoms. The van der Waals surface area contributed by atoms with Crippen LogP contribution in [0.25, 0.3) is 0 Å². The van der Waals surface area contributed by atoms with Gasteiger partial charge in [-0.2, -0.15) is 0 Å². The number of hydrogen-bond donors (Lipinski definition) is 1. The lowest BCUT2D eigenvalue weighted by molar-refractivity contribution is 0.254. The van der Waals surface area contributed by atoms with Crippen molar-refractivity contribution < 1.29 is 5.11 Å². The molecular weight excluding hydrogens is 114 g/mol. The average molecular weight is 130 g/mol. The Hall–Kier alpha value is -0.0800. The Morgan fingerprint density at radius 1 is 1.44 bits per heavy atom. The molecule has 0 fully saturated rings. The summed E-state index contributed by atoms with van der Waals surface area (Å²) in [5, 5.41) is 8.45. The van der Waals surface area contributed by atoms with Crippen LogP contribution in [0.4, 0.5) is 0 Å². The molecule has 1 unspecified atom stereocenters. The number of nitrogens with one attached hydrogen (secondary N) is 1. The van der Waals surface area contributed by atoms with Gasteiger partial charge in [0, 0.05) is 6.04 Å². The van der Waals surface area contributed by atoms with E-state index in [4.69, 9.17) is 10.8 Å². The average Bonchev–Trinajstić information content (AvgIpc) is 1.89. The Morgan fingerprint density at radius 2 is 2.11 bits per heavy atom. The first-order valence-corrected chi connectivity index (χ1v) is 3.63. The van der Waals surface area contributed by atoms with E-state index in [1.807, 2.05) is 0 Å². The van der Waals surface area contributed by atoms with Crippen molar-refractivity contribution in [3.05, 3.63) is 0 Å². The summed E-state index contributed by atoms with van der Waals surface area (Å²) in [5.41, 5.74) is 7.15. The van der Waals surface area contributed by atoms with E-state index in [-0.39, 0.29) is 12.6 Å². The van der Waals surface area contributed by atoms with Crippen molar-refractivity contribution in [2.24, 2.45) is 0 Å². The van der Waals surface area contributed by atoms with E-state index in [9.17, 15) is 0 Å². The highest BCUT2D eigenvalue weighted by atomic mass is 16.3. The summed E-state index contributed by atoms with van der Waals surface area (Å²) >= 11 is 0. The van der Waals surface area contributed by atoms with E-state index < -0.39 is 0 Å². The summed E-state index contributed by atoms with van der Waals surface area (Å²) < 4.78 is 0. The third-order valence-corrected chi connectivity index (χ3v) is 1.38. The van der Waals surface area contributed by atoms with Gasteiger partial charge in [0.2, 0.25) is 0 Å². The molecule has 0 aliphatic carbocycles. The molecule has 0 aromatic carbocycles. The Labute approximate surface area is 57.1 Å². The molecule has 1 atom stereocenters. The first-order chi connectivity index (χ1) is 4.31. The van der Waals surface area contributed by atoms with Crippen molar-refractivity contribution in [2.75, 3.05) is 6.61 Å². The summed E-state index contributed by atoms with van der Waals surface area (Å²) in [6.07, 6.45) is 4.32. The zero-order valence-corrected chi connectivity index (χ0v) is 6.06. The van der Waals surface area contributed by atoms with Gasteiger partial charge < -0.3 is 5.11 Å². The largest absolute Gasteiger partial charge is 0.395 e. The van der Waals surface area contributed by atoms with Crippen LogP contribution in [0, 0.1) is 0 Å². The molecular formula is C7H16NO. The molecule has 0 rings (SSSR count). The van der Waals surface area contributed by atoms with Gasteiger partial charge in [0.1, 0.15) is 0 Å². The summed E-state index contributed by atoms with van der Waals surface area (Å²) in [7, 11) is 0. The summed E-state index contributed by atoms with van der Waals surface area (Å²) in [5.74, 6) is 0. The normalized spacial score (nSPS) is 13.7. The standard InChI is InChI=1S/C7H16NO/c1-2-3-4-5-7(8)6-9/h7-9H,2-6H2,1H3. The molecule has 1 radical (unpaired) electrons. The van der Waals surface area contributed by atoms with Crippen LogP contribution < -0.4 is 5.73 Å². The second kappa shape index (κ2) is 6.05. The highest BCUT2D eigenvalue weighted by Gasteiger charge is 1.98. The molecule has 0 aliphatic rings. The molecule has 9 heavy (non-hydrogen) atoms. The second-order valence-electron chi connectivity index (χ2n) is 2.38. The molecule has 0 spiro atoms. The SMILES string of the molecule is CCCCCC([NH])CO. The highest BCUT2D eigenvalue weighted by molar-refractivity contribution is 4.56. The third kappa shape index (κ3) is 5.80. The number of aliphatic hydroxyl groups excluding tert-OH is 1. The van der Waals surface area contributed by atoms with Crippen LogP contribution in [-0.2, 0) is 0 Å². The fourth-order valence-corrected chi connectivity index (χ4v) is 0.732. The number of unbranched alkanes of at least 4 members (excludes halogenated alkanes) is 2. The second-order valence-corrected chi connectivity index (χ2v) is 2.38. The molecule has 55 valence electrons. The topological polar surface area (TPSA) is 44.0 Å². The van der Waals surface area contributed by atoms with Crippen molar-refractivity contribution in [3.8, 4) is 0 Å². The fraction of sp³-hybridized carbons (Fsp3) is 1.00. The molecule has 0 aromatic rings. The number of hydrogen-bond acceptors (Lipinski definition) is 1. The van der Waals surface area contributed by atoms with Crippen LogP contribution in [-0.4, -0.2) is 17.8 Å². The van der Waals surface area contributed by atoms with Crippen LogP contribution in [0.5, 0.6) is 0 Å². The maximum Gasteiger partial charge on any atom is 0.0598 e. The molecule has 0 bridgehead atoms. The van der Waals surface area contributed by atoms with Crippen LogP contribution >= 0.6 is 0 Å². The summed E-state index contributed by atoms with van der Waals surface area (Å²) in [6.45, 7) is 2.15. The van der Waals surface area contributed by atoms with E-state index in [1.54, 1.807) is 0 Å². The first-order valence-electron chi connectivity index (χ1n) is 3.63. The van der Waals surface area contributed by atoms with Crippen molar-refractivity contribution in [1.82, 2.24) is 5.73 Å². The van der Waals surface area contributed by atoms with Crippen LogP contribution in [0.1, 0.15) is 32.6 Å². The van der Waals surface area contributed by atoms with Crippen LogP contribution in [0.2, 0.25) is 0 Å². The van der Waals surface area contributed by atoms with Gasteiger partial charge in [-0.05, 0) is 6.42 Å². The van der Waals surface area contributed by atoms with Gasteiger partial charge in [-0.1, -0.05) is 26.2 Å². The molecule has 0 amide bonds. The number of rotatable bonds is 5. The van der Waals surface area contributed by atoms with Crippen LogP contribution in [0.15, 0.2) is 0 Å². The maximum atomic E-state index is 8.45. The van der Waals surface area contributed by atoms with Crippen LogP contribution in [0.3, 0.4) is 0 Å². The Bertz CT molecular complexity index is 56.9. The first kappa shape index (κ1) is 8.92. The maximum absolute atomic E-state index is 8.45. The van der Waals surface area contributed by atoms with Gasteiger partial charge in [-0.3, -0.25) is 5.73 Å². The Morgan fingerprint density at radius 3 is 2.56 bits per heavy atom. The summed E-state index contributed by atoms with van der Waals surface area (Å²) in [4.78, 5) is 0. The smallest absolute Gasteiger partial charge is 0.0598 e. The molecule has 0 saturated heterocycles. The molecule has 0 saturated carbocycles. The lowest BCUT2D eigenvalue weighted by atomic mass is 10.1. The predicted molar refractivity (Wildman–Crippen MR) is 38.1 cm³/mol. The number of aliphatic hydroxyl groups is 1. The minimum atomic E-state index is -0.239. The van der Waals surface area contributed by atoms with E-state index in [2.05, 4.69) is 6.92 Å². The summed E-state index contributed by atoms with van der Waals surface area (Å²) in [6, 6.07) is -0.239. The van der Waals surface area contributed by atoms with Gasteiger partial charge >= 0.3 is 0 Å². The van der Waals surface area contributed by atoms with Crippen molar-refractivity contribution in [2.45, 2.75) is 38.6 Å². The van der Waals surface area contributed by atoms with Gasteiger partial charge in [0.05, 0.1) is 6.61 Å². The van der Waals surface area contributed by atoms with Gasteiger partial charge in [-0.15, -0.1) is 0 Å². The van der Waals surface area contributed by atoms with E-state index in [0.717, 1.165) is 12.8 Å². The zero-order valence-electron chi connectivity index (χ0n) is 6.06. The van der Waals surface area contributed by atoms with Crippen molar-refractivity contribution >= 4 is 0 Å². The molecule has 0 aliphatic heterocycles. The quantitative estimate of drug-likeness (QED) is 0.558. The molecule has 0 heterocycles. The lowest BCUT2D eigenvalue weighted by Gasteiger charge is -2.04. The monoisotopic (exact) mass is 130 g/mol. The Kier molecular flexibility index (Phi) is 5.99. The Balaban J connectivity index is 2.88. The fourth-order valence-electron chi connectivity index (χ4n) is 0.732. The minimum absolute atomic E-state index is 0.0176. The van der Waals surface area contributed by atoms with Gasteiger partial charge in [-0.25, -0.2) is 0 Å². The highest BCUT2D eigenvalue weighted by Crippen LogP contribution is 2.01. The zero-order chi connectivity index (χ0) is 7.11. The van der Waals surface area contributed by atoms with E-state index >= 15 is 0 Å². The van der Waals surface area contributed by atoms with Gasteiger partial charge in [0.25, 0.3) is 0 Å². The minimum Gasteiger partial charge on any atom is -0.395 e. The molecule has 2 N–H and O–H groups in total.